The van der Waals surface area contributed by atoms with E-state index in [1.807, 2.05) is 12.1 Å². The first-order chi connectivity index (χ1) is 7.54. The molecule has 0 amide bonds. The summed E-state index contributed by atoms with van der Waals surface area (Å²) >= 11 is 7.19. The van der Waals surface area contributed by atoms with Gasteiger partial charge in [0.25, 0.3) is 0 Å². The third-order valence-electron chi connectivity index (χ3n) is 2.77. The average Bonchev–Trinajstić information content (AvgIpc) is 2.27. The van der Waals surface area contributed by atoms with E-state index in [1.165, 1.54) is 17.7 Å². The van der Waals surface area contributed by atoms with Gasteiger partial charge >= 0.3 is 0 Å². The number of benzene rings is 1. The van der Waals surface area contributed by atoms with Crippen molar-refractivity contribution in [3.05, 3.63) is 35.6 Å². The molecule has 0 aliphatic heterocycles. The minimum Gasteiger partial charge on any atom is -0.207 e. The highest BCUT2D eigenvalue weighted by molar-refractivity contribution is 9.09. The van der Waals surface area contributed by atoms with E-state index in [9.17, 15) is 4.39 Å². The second kappa shape index (κ2) is 6.15. The maximum absolute atomic E-state index is 12.9. The van der Waals surface area contributed by atoms with Crippen LogP contribution in [0.25, 0.3) is 0 Å². The fourth-order valence-corrected chi connectivity index (χ4v) is 4.04. The van der Waals surface area contributed by atoms with Gasteiger partial charge in [-0.25, -0.2) is 4.39 Å². The average molecular weight is 352 g/mol. The van der Waals surface area contributed by atoms with Gasteiger partial charge in [-0.2, -0.15) is 0 Å². The number of alkyl halides is 2. The lowest BCUT2D eigenvalue weighted by molar-refractivity contribution is 0.416. The van der Waals surface area contributed by atoms with Gasteiger partial charge in [0.15, 0.2) is 0 Å². The van der Waals surface area contributed by atoms with Gasteiger partial charge in [-0.15, -0.1) is 0 Å². The first-order valence-electron chi connectivity index (χ1n) is 5.42. The maximum Gasteiger partial charge on any atom is 0.123 e. The summed E-state index contributed by atoms with van der Waals surface area (Å²) in [4.78, 5) is 0. The first-order valence-corrected chi connectivity index (χ1v) is 7.66. The molecule has 0 radical (unpaired) electrons. The monoisotopic (exact) mass is 350 g/mol. The smallest absolute Gasteiger partial charge is 0.123 e. The van der Waals surface area contributed by atoms with Crippen molar-refractivity contribution in [2.24, 2.45) is 5.92 Å². The van der Waals surface area contributed by atoms with Crippen LogP contribution in [0.4, 0.5) is 4.39 Å². The second-order valence-electron chi connectivity index (χ2n) is 4.65. The zero-order valence-corrected chi connectivity index (χ0v) is 12.8. The van der Waals surface area contributed by atoms with Crippen molar-refractivity contribution in [1.29, 1.82) is 0 Å². The van der Waals surface area contributed by atoms with Gasteiger partial charge in [0, 0.05) is 16.1 Å². The van der Waals surface area contributed by atoms with Crippen molar-refractivity contribution in [2.75, 3.05) is 10.7 Å². The van der Waals surface area contributed by atoms with Crippen molar-refractivity contribution < 1.29 is 4.39 Å². The Morgan fingerprint density at radius 3 is 2.00 bits per heavy atom. The van der Waals surface area contributed by atoms with Gasteiger partial charge in [0.2, 0.25) is 0 Å². The van der Waals surface area contributed by atoms with E-state index < -0.39 is 0 Å². The topological polar surface area (TPSA) is 0 Å². The Hall–Kier alpha value is 0.110. The number of hydrogen-bond donors (Lipinski definition) is 0. The number of hydrogen-bond acceptors (Lipinski definition) is 0. The van der Waals surface area contributed by atoms with Crippen LogP contribution in [0.1, 0.15) is 25.8 Å². The zero-order chi connectivity index (χ0) is 12.2. The largest absolute Gasteiger partial charge is 0.207 e. The van der Waals surface area contributed by atoms with Gasteiger partial charge in [-0.1, -0.05) is 57.8 Å². The van der Waals surface area contributed by atoms with Crippen molar-refractivity contribution in [1.82, 2.24) is 0 Å². The summed E-state index contributed by atoms with van der Waals surface area (Å²) in [5.41, 5.74) is 1.25. The summed E-state index contributed by atoms with van der Waals surface area (Å²) in [6.07, 6.45) is 1.08. The Morgan fingerprint density at radius 1 is 1.12 bits per heavy atom. The highest BCUT2D eigenvalue weighted by Crippen LogP contribution is 2.35. The molecule has 90 valence electrons. The SMILES string of the molecule is CC(C)CC(CBr)(CBr)c1ccc(F)cc1. The van der Waals surface area contributed by atoms with Crippen LogP contribution in [0, 0.1) is 11.7 Å². The molecule has 0 fully saturated rings. The van der Waals surface area contributed by atoms with Gasteiger partial charge in [-0.3, -0.25) is 0 Å². The van der Waals surface area contributed by atoms with Crippen LogP contribution in [0.15, 0.2) is 24.3 Å². The van der Waals surface area contributed by atoms with E-state index in [4.69, 9.17) is 0 Å². The van der Waals surface area contributed by atoms with Crippen molar-refractivity contribution >= 4 is 31.9 Å². The van der Waals surface area contributed by atoms with Crippen LogP contribution < -0.4 is 0 Å². The molecule has 0 bridgehead atoms. The Balaban J connectivity index is 3.04. The normalized spacial score (nSPS) is 12.1. The summed E-state index contributed by atoms with van der Waals surface area (Å²) in [5.74, 6) is 0.437. The quantitative estimate of drug-likeness (QED) is 0.662. The van der Waals surface area contributed by atoms with E-state index in [1.54, 1.807) is 0 Å². The van der Waals surface area contributed by atoms with Crippen molar-refractivity contribution in [3.8, 4) is 0 Å². The molecule has 3 heteroatoms. The zero-order valence-electron chi connectivity index (χ0n) is 9.64. The second-order valence-corrected chi connectivity index (χ2v) is 5.77. The van der Waals surface area contributed by atoms with Crippen LogP contribution in [0.5, 0.6) is 0 Å². The van der Waals surface area contributed by atoms with Crippen molar-refractivity contribution in [2.45, 2.75) is 25.7 Å². The van der Waals surface area contributed by atoms with Crippen LogP contribution >= 0.6 is 31.9 Å². The maximum atomic E-state index is 12.9. The van der Waals surface area contributed by atoms with Crippen LogP contribution in [-0.2, 0) is 5.41 Å². The lowest BCUT2D eigenvalue weighted by Gasteiger charge is -2.32. The molecule has 1 aromatic rings. The van der Waals surface area contributed by atoms with E-state index in [0.29, 0.717) is 5.92 Å². The summed E-state index contributed by atoms with van der Waals surface area (Å²) in [5, 5.41) is 1.77. The molecule has 0 heterocycles. The van der Waals surface area contributed by atoms with E-state index >= 15 is 0 Å². The molecular formula is C13H17Br2F. The van der Waals surface area contributed by atoms with Gasteiger partial charge < -0.3 is 0 Å². The van der Waals surface area contributed by atoms with E-state index in [-0.39, 0.29) is 11.2 Å². The number of halogens is 3. The van der Waals surface area contributed by atoms with Gasteiger partial charge in [0.05, 0.1) is 0 Å². The van der Waals surface area contributed by atoms with E-state index in [2.05, 4.69) is 45.7 Å². The molecule has 0 saturated carbocycles. The molecule has 0 saturated heterocycles. The van der Waals surface area contributed by atoms with Crippen molar-refractivity contribution in [3.63, 3.8) is 0 Å². The molecule has 0 spiro atoms. The van der Waals surface area contributed by atoms with Gasteiger partial charge in [-0.05, 0) is 30.0 Å². The molecule has 1 aromatic carbocycles. The van der Waals surface area contributed by atoms with Gasteiger partial charge in [0.1, 0.15) is 5.82 Å². The fourth-order valence-electron chi connectivity index (χ4n) is 2.00. The molecule has 0 aliphatic rings. The standard InChI is InChI=1S/C13H17Br2F/c1-10(2)7-13(8-14,9-15)11-3-5-12(16)6-4-11/h3-6,10H,7-9H2,1-2H3. The molecule has 1 rings (SSSR count). The first kappa shape index (κ1) is 14.2. The molecule has 0 nitrogen and oxygen atoms in total. The lowest BCUT2D eigenvalue weighted by atomic mass is 9.78. The minimum atomic E-state index is -0.175. The lowest BCUT2D eigenvalue weighted by Crippen LogP contribution is -2.32. The molecule has 16 heavy (non-hydrogen) atoms. The summed E-state index contributed by atoms with van der Waals surface area (Å²) in [6, 6.07) is 6.85. The van der Waals surface area contributed by atoms with E-state index in [0.717, 1.165) is 17.1 Å². The predicted molar refractivity (Wildman–Crippen MR) is 75.1 cm³/mol. The molecule has 0 aromatic heterocycles. The Labute approximate surface area is 114 Å². The van der Waals surface area contributed by atoms with Crippen LogP contribution in [0.2, 0.25) is 0 Å². The highest BCUT2D eigenvalue weighted by atomic mass is 79.9. The Bertz CT molecular complexity index is 315. The van der Waals surface area contributed by atoms with Crippen LogP contribution in [-0.4, -0.2) is 10.7 Å². The summed E-state index contributed by atoms with van der Waals surface area (Å²) < 4.78 is 12.9. The number of rotatable bonds is 5. The highest BCUT2D eigenvalue weighted by Gasteiger charge is 2.30. The Morgan fingerprint density at radius 2 is 1.62 bits per heavy atom. The van der Waals surface area contributed by atoms with Crippen LogP contribution in [0.3, 0.4) is 0 Å². The summed E-state index contributed by atoms with van der Waals surface area (Å²) in [6.45, 7) is 4.42. The molecule has 0 aliphatic carbocycles. The molecule has 0 N–H and O–H groups in total. The summed E-state index contributed by atoms with van der Waals surface area (Å²) in [7, 11) is 0. The third kappa shape index (κ3) is 3.30. The molecule has 0 unspecified atom stereocenters. The molecular weight excluding hydrogens is 335 g/mol. The molecule has 0 atom stereocenters. The third-order valence-corrected chi connectivity index (χ3v) is 4.91. The minimum absolute atomic E-state index is 0.0574. The Kier molecular flexibility index (Phi) is 5.45. The predicted octanol–water partition coefficient (Wildman–Crippen LogP) is 4.90. The fraction of sp³-hybridized carbons (Fsp3) is 0.538.